The Balaban J connectivity index is 0.00000420. The fourth-order valence-electron chi connectivity index (χ4n) is 2.94. The molecule has 6 nitrogen and oxygen atoms in total. The molecule has 7 heteroatoms. The van der Waals surface area contributed by atoms with Crippen molar-refractivity contribution in [1.82, 2.24) is 15.6 Å². The number of aromatic nitrogens is 1. The van der Waals surface area contributed by atoms with Crippen LogP contribution in [0.4, 0.5) is 5.82 Å². The topological polar surface area (TPSA) is 61.8 Å². The normalized spacial score (nSPS) is 10.9. The minimum Gasteiger partial charge on any atom is -0.494 e. The lowest BCUT2D eigenvalue weighted by molar-refractivity contribution is 0.336. The molecule has 0 bridgehead atoms. The van der Waals surface area contributed by atoms with Gasteiger partial charge in [-0.1, -0.05) is 18.2 Å². The summed E-state index contributed by atoms with van der Waals surface area (Å²) in [6, 6.07) is 10.4. The average molecular weight is 511 g/mol. The van der Waals surface area contributed by atoms with E-state index in [2.05, 4.69) is 76.6 Å². The third kappa shape index (κ3) is 7.72. The number of anilines is 1. The molecule has 0 atom stereocenters. The summed E-state index contributed by atoms with van der Waals surface area (Å²) in [5, 5.41) is 6.69. The van der Waals surface area contributed by atoms with Crippen LogP contribution in [0.2, 0.25) is 0 Å². The number of ether oxygens (including phenoxy) is 1. The van der Waals surface area contributed by atoms with Gasteiger partial charge < -0.3 is 20.3 Å². The predicted molar refractivity (Wildman–Crippen MR) is 133 cm³/mol. The Bertz CT molecular complexity index is 760. The van der Waals surface area contributed by atoms with E-state index in [0.717, 1.165) is 41.7 Å². The second kappa shape index (κ2) is 13.2. The van der Waals surface area contributed by atoms with Gasteiger partial charge in [-0.2, -0.15) is 0 Å². The Kier molecular flexibility index (Phi) is 11.4. The van der Waals surface area contributed by atoms with Gasteiger partial charge in [-0.25, -0.2) is 4.98 Å². The second-order valence-corrected chi connectivity index (χ2v) is 6.52. The lowest BCUT2D eigenvalue weighted by atomic mass is 10.1. The minimum absolute atomic E-state index is 0. The smallest absolute Gasteiger partial charge is 0.191 e. The first-order chi connectivity index (χ1) is 13.6. The van der Waals surface area contributed by atoms with E-state index in [1.54, 1.807) is 7.05 Å². The predicted octanol–water partition coefficient (Wildman–Crippen LogP) is 4.12. The Morgan fingerprint density at radius 1 is 1.07 bits per heavy atom. The van der Waals surface area contributed by atoms with Gasteiger partial charge in [0.15, 0.2) is 5.96 Å². The summed E-state index contributed by atoms with van der Waals surface area (Å²) < 4.78 is 5.75. The number of pyridine rings is 1. The number of nitrogens with zero attached hydrogens (tertiary/aromatic N) is 3. The molecule has 2 rings (SSSR count). The molecule has 0 spiro atoms. The summed E-state index contributed by atoms with van der Waals surface area (Å²) in [5.41, 5.74) is 3.42. The standard InChI is InChI=1S/C22H33N5O.HI/c1-6-27(7-2)21-12-10-18(14-24-21)15-25-22(23-5)26-16-19-11-9-17(4)13-20(19)28-8-3;/h9-14H,6-8,15-16H2,1-5H3,(H2,23,25,26);1H. The van der Waals surface area contributed by atoms with Gasteiger partial charge in [0.1, 0.15) is 11.6 Å². The lowest BCUT2D eigenvalue weighted by Gasteiger charge is -2.19. The second-order valence-electron chi connectivity index (χ2n) is 6.52. The zero-order valence-corrected chi connectivity index (χ0v) is 20.5. The number of halogens is 1. The fourth-order valence-corrected chi connectivity index (χ4v) is 2.94. The van der Waals surface area contributed by atoms with Gasteiger partial charge in [0.05, 0.1) is 6.61 Å². The summed E-state index contributed by atoms with van der Waals surface area (Å²) in [5.74, 6) is 2.68. The van der Waals surface area contributed by atoms with E-state index < -0.39 is 0 Å². The van der Waals surface area contributed by atoms with E-state index in [1.165, 1.54) is 5.56 Å². The molecule has 0 aliphatic heterocycles. The van der Waals surface area contributed by atoms with Crippen molar-refractivity contribution in [1.29, 1.82) is 0 Å². The number of hydrogen-bond acceptors (Lipinski definition) is 4. The molecule has 160 valence electrons. The highest BCUT2D eigenvalue weighted by molar-refractivity contribution is 14.0. The summed E-state index contributed by atoms with van der Waals surface area (Å²) in [7, 11) is 1.77. The van der Waals surface area contributed by atoms with Crippen molar-refractivity contribution in [2.45, 2.75) is 40.8 Å². The number of benzene rings is 1. The molecule has 1 heterocycles. The van der Waals surface area contributed by atoms with Crippen LogP contribution in [0, 0.1) is 6.92 Å². The highest BCUT2D eigenvalue weighted by Crippen LogP contribution is 2.20. The van der Waals surface area contributed by atoms with E-state index in [0.29, 0.717) is 19.7 Å². The zero-order chi connectivity index (χ0) is 20.4. The maximum atomic E-state index is 5.75. The molecule has 2 N–H and O–H groups in total. The highest BCUT2D eigenvalue weighted by atomic mass is 127. The molecule has 0 saturated heterocycles. The Labute approximate surface area is 192 Å². The molecule has 0 unspecified atom stereocenters. The maximum Gasteiger partial charge on any atom is 0.191 e. The van der Waals surface area contributed by atoms with Gasteiger partial charge in [0, 0.05) is 45.0 Å². The minimum atomic E-state index is 0. The van der Waals surface area contributed by atoms with Gasteiger partial charge >= 0.3 is 0 Å². The van der Waals surface area contributed by atoms with E-state index in [-0.39, 0.29) is 24.0 Å². The molecule has 1 aromatic heterocycles. The van der Waals surface area contributed by atoms with Crippen LogP contribution in [-0.2, 0) is 13.1 Å². The number of aryl methyl sites for hydroxylation is 1. The van der Waals surface area contributed by atoms with Crippen LogP contribution in [0.1, 0.15) is 37.5 Å². The molecule has 0 amide bonds. The van der Waals surface area contributed by atoms with Crippen LogP contribution in [0.5, 0.6) is 5.75 Å². The van der Waals surface area contributed by atoms with Crippen molar-refractivity contribution in [2.24, 2.45) is 4.99 Å². The first-order valence-electron chi connectivity index (χ1n) is 9.97. The van der Waals surface area contributed by atoms with Crippen LogP contribution < -0.4 is 20.3 Å². The van der Waals surface area contributed by atoms with Crippen molar-refractivity contribution in [3.8, 4) is 5.75 Å². The number of nitrogens with one attached hydrogen (secondary N) is 2. The van der Waals surface area contributed by atoms with Crippen LogP contribution in [-0.4, -0.2) is 37.7 Å². The molecule has 0 fully saturated rings. The third-order valence-corrected chi connectivity index (χ3v) is 4.55. The van der Waals surface area contributed by atoms with Crippen molar-refractivity contribution in [2.75, 3.05) is 31.6 Å². The molecule has 0 saturated carbocycles. The largest absolute Gasteiger partial charge is 0.494 e. The number of guanidine groups is 1. The highest BCUT2D eigenvalue weighted by Gasteiger charge is 2.06. The molecular weight excluding hydrogens is 477 g/mol. The number of aliphatic imine (C=N–C) groups is 1. The van der Waals surface area contributed by atoms with Crippen molar-refractivity contribution >= 4 is 35.8 Å². The van der Waals surface area contributed by atoms with Crippen molar-refractivity contribution in [3.63, 3.8) is 0 Å². The first-order valence-corrected chi connectivity index (χ1v) is 9.97. The quantitative estimate of drug-likeness (QED) is 0.302. The monoisotopic (exact) mass is 511 g/mol. The molecule has 0 aliphatic rings. The maximum absolute atomic E-state index is 5.75. The molecule has 29 heavy (non-hydrogen) atoms. The summed E-state index contributed by atoms with van der Waals surface area (Å²) in [4.78, 5) is 11.1. The first kappa shape index (κ1) is 25.0. The average Bonchev–Trinajstić information content (AvgIpc) is 2.71. The molecule has 0 radical (unpaired) electrons. The van der Waals surface area contributed by atoms with Crippen LogP contribution >= 0.6 is 24.0 Å². The van der Waals surface area contributed by atoms with E-state index in [1.807, 2.05) is 13.1 Å². The molecular formula is C22H34IN5O. The Morgan fingerprint density at radius 2 is 1.79 bits per heavy atom. The van der Waals surface area contributed by atoms with Crippen LogP contribution in [0.25, 0.3) is 0 Å². The number of rotatable bonds is 9. The van der Waals surface area contributed by atoms with Crippen LogP contribution in [0.3, 0.4) is 0 Å². The molecule has 0 aliphatic carbocycles. The van der Waals surface area contributed by atoms with E-state index >= 15 is 0 Å². The van der Waals surface area contributed by atoms with Gasteiger partial charge in [-0.15, -0.1) is 24.0 Å². The van der Waals surface area contributed by atoms with E-state index in [9.17, 15) is 0 Å². The van der Waals surface area contributed by atoms with Crippen molar-refractivity contribution < 1.29 is 4.74 Å². The molecule has 1 aromatic carbocycles. The number of hydrogen-bond donors (Lipinski definition) is 2. The van der Waals surface area contributed by atoms with Crippen molar-refractivity contribution in [3.05, 3.63) is 53.2 Å². The van der Waals surface area contributed by atoms with Gasteiger partial charge in [0.2, 0.25) is 0 Å². The summed E-state index contributed by atoms with van der Waals surface area (Å²) in [6.45, 7) is 12.2. The summed E-state index contributed by atoms with van der Waals surface area (Å²) >= 11 is 0. The molecule has 2 aromatic rings. The SMILES string of the molecule is CCOc1cc(C)ccc1CNC(=NC)NCc1ccc(N(CC)CC)nc1.I. The Hall–Kier alpha value is -2.03. The zero-order valence-electron chi connectivity index (χ0n) is 18.2. The lowest BCUT2D eigenvalue weighted by Crippen LogP contribution is -2.36. The Morgan fingerprint density at radius 3 is 2.38 bits per heavy atom. The fraction of sp³-hybridized carbons (Fsp3) is 0.455. The van der Waals surface area contributed by atoms with Crippen LogP contribution in [0.15, 0.2) is 41.5 Å². The van der Waals surface area contributed by atoms with E-state index in [4.69, 9.17) is 4.74 Å². The summed E-state index contributed by atoms with van der Waals surface area (Å²) in [6.07, 6.45) is 1.92. The van der Waals surface area contributed by atoms with Gasteiger partial charge in [-0.3, -0.25) is 4.99 Å². The van der Waals surface area contributed by atoms with Gasteiger partial charge in [-0.05, 0) is 51.0 Å². The van der Waals surface area contributed by atoms with Gasteiger partial charge in [0.25, 0.3) is 0 Å². The third-order valence-electron chi connectivity index (χ3n) is 4.55.